The molecule has 6 heteroatoms. The molecular weight excluding hydrogens is 442 g/mol. The van der Waals surface area contributed by atoms with Crippen LogP contribution < -0.4 is 0 Å². The highest BCUT2D eigenvalue weighted by atomic mass is 16.6. The van der Waals surface area contributed by atoms with Crippen molar-refractivity contribution in [2.75, 3.05) is 6.61 Å². The molecule has 0 spiro atoms. The first-order valence-corrected chi connectivity index (χ1v) is 13.2. The van der Waals surface area contributed by atoms with Crippen molar-refractivity contribution in [1.29, 1.82) is 0 Å². The van der Waals surface area contributed by atoms with Gasteiger partial charge in [0.05, 0.1) is 4.92 Å². The minimum absolute atomic E-state index is 0.00937. The van der Waals surface area contributed by atoms with Crippen molar-refractivity contribution in [3.05, 3.63) is 39.9 Å². The van der Waals surface area contributed by atoms with Crippen molar-refractivity contribution in [3.8, 4) is 11.8 Å². The lowest BCUT2D eigenvalue weighted by Gasteiger charge is -2.61. The summed E-state index contributed by atoms with van der Waals surface area (Å²) < 4.78 is 0. The zero-order valence-corrected chi connectivity index (χ0v) is 20.8. The first-order valence-electron chi connectivity index (χ1n) is 13.2. The Labute approximate surface area is 207 Å². The summed E-state index contributed by atoms with van der Waals surface area (Å²) in [6.07, 6.45) is 8.72. The summed E-state index contributed by atoms with van der Waals surface area (Å²) in [5.41, 5.74) is -0.0906. The summed E-state index contributed by atoms with van der Waals surface area (Å²) in [5, 5.41) is 31.8. The first-order chi connectivity index (χ1) is 16.6. The molecule has 0 heterocycles. The number of benzene rings is 1. The highest BCUT2D eigenvalue weighted by molar-refractivity contribution is 5.83. The van der Waals surface area contributed by atoms with Gasteiger partial charge < -0.3 is 10.2 Å². The van der Waals surface area contributed by atoms with Gasteiger partial charge in [0.2, 0.25) is 0 Å². The number of non-ortho nitro benzene ring substituents is 1. The number of nitro benzene ring substituents is 1. The molecule has 8 atom stereocenters. The van der Waals surface area contributed by atoms with Gasteiger partial charge in [-0.1, -0.05) is 25.7 Å². The minimum atomic E-state index is -1.02. The van der Waals surface area contributed by atoms with Crippen LogP contribution in [0.15, 0.2) is 24.3 Å². The second-order valence-corrected chi connectivity index (χ2v) is 12.2. The molecule has 0 bridgehead atoms. The van der Waals surface area contributed by atoms with Gasteiger partial charge in [0, 0.05) is 23.6 Å². The van der Waals surface area contributed by atoms with E-state index in [0.717, 1.165) is 44.9 Å². The lowest BCUT2D eigenvalue weighted by Crippen LogP contribution is -2.56. The maximum Gasteiger partial charge on any atom is 0.269 e. The smallest absolute Gasteiger partial charge is 0.269 e. The average Bonchev–Trinajstić information content (AvgIpc) is 3.20. The number of carbonyl (C=O) groups excluding carboxylic acids is 1. The Bertz CT molecular complexity index is 1070. The van der Waals surface area contributed by atoms with Crippen molar-refractivity contribution < 1.29 is 19.9 Å². The molecule has 0 amide bonds. The summed E-state index contributed by atoms with van der Waals surface area (Å²) in [5.74, 6) is 8.47. The molecular formula is C29H37NO5. The molecule has 4 aliphatic rings. The van der Waals surface area contributed by atoms with Crippen LogP contribution in [-0.4, -0.2) is 33.1 Å². The van der Waals surface area contributed by atoms with E-state index in [9.17, 15) is 25.1 Å². The van der Waals surface area contributed by atoms with Crippen molar-refractivity contribution in [2.24, 2.45) is 40.4 Å². The highest BCUT2D eigenvalue weighted by Gasteiger charge is 2.61. The van der Waals surface area contributed by atoms with Crippen LogP contribution in [0.3, 0.4) is 0 Å². The Kier molecular flexibility index (Phi) is 6.09. The van der Waals surface area contributed by atoms with Crippen LogP contribution in [-0.2, 0) is 4.79 Å². The summed E-state index contributed by atoms with van der Waals surface area (Å²) in [6.45, 7) is 4.41. The molecule has 6 nitrogen and oxygen atoms in total. The SMILES string of the molecule is C[C@]12CC[C@H]3[C@@H](CCC4CC(O)(C#Cc5ccc([N+](=O)[O-])cc5)CC[C@@]43C)[C@@H]1CC[C@@H]2C(=O)CO. The standard InChI is InChI=1S/C29H37NO5/c1-27-15-16-29(33,14-11-19-3-6-21(7-4-19)30(34)35)17-20(27)5-8-22-23-9-10-25(26(32)18-31)28(23,2)13-12-24(22)27/h3-4,6-7,20,22-25,31,33H,5,8-10,12-13,15-18H2,1-2H3/t20?,22-,23-,24-,25+,27-,28-,29?/m0/s1. The van der Waals surface area contributed by atoms with Gasteiger partial charge in [-0.05, 0) is 104 Å². The van der Waals surface area contributed by atoms with Crippen molar-refractivity contribution in [1.82, 2.24) is 0 Å². The lowest BCUT2D eigenvalue weighted by atomic mass is 9.44. The topological polar surface area (TPSA) is 101 Å². The van der Waals surface area contributed by atoms with Crippen LogP contribution in [0.2, 0.25) is 0 Å². The number of aliphatic hydroxyl groups excluding tert-OH is 1. The molecule has 5 rings (SSSR count). The Balaban J connectivity index is 1.31. The molecule has 4 saturated carbocycles. The van der Waals surface area contributed by atoms with E-state index in [1.807, 2.05) is 0 Å². The average molecular weight is 480 g/mol. The largest absolute Gasteiger partial charge is 0.389 e. The lowest BCUT2D eigenvalue weighted by molar-refractivity contribution is -0.384. The molecule has 0 radical (unpaired) electrons. The van der Waals surface area contributed by atoms with Gasteiger partial charge in [-0.2, -0.15) is 0 Å². The van der Waals surface area contributed by atoms with Crippen LogP contribution >= 0.6 is 0 Å². The molecule has 188 valence electrons. The Morgan fingerprint density at radius 3 is 2.43 bits per heavy atom. The summed E-state index contributed by atoms with van der Waals surface area (Å²) >= 11 is 0. The number of carbonyl (C=O) groups is 1. The van der Waals surface area contributed by atoms with Gasteiger partial charge >= 0.3 is 0 Å². The number of ketones is 1. The summed E-state index contributed by atoms with van der Waals surface area (Å²) in [6, 6.07) is 6.18. The number of hydrogen-bond donors (Lipinski definition) is 2. The minimum Gasteiger partial charge on any atom is -0.389 e. The maximum atomic E-state index is 12.5. The molecule has 4 aliphatic carbocycles. The normalized spacial score (nSPS) is 42.1. The van der Waals surface area contributed by atoms with E-state index in [4.69, 9.17) is 0 Å². The van der Waals surface area contributed by atoms with E-state index in [2.05, 4.69) is 25.7 Å². The van der Waals surface area contributed by atoms with E-state index in [-0.39, 0.29) is 34.8 Å². The number of nitrogens with zero attached hydrogens (tertiary/aromatic N) is 1. The zero-order chi connectivity index (χ0) is 25.0. The molecule has 1 aromatic carbocycles. The van der Waals surface area contributed by atoms with E-state index in [1.54, 1.807) is 12.1 Å². The number of nitro groups is 1. The Morgan fingerprint density at radius 2 is 1.74 bits per heavy atom. The van der Waals surface area contributed by atoms with E-state index >= 15 is 0 Å². The first kappa shape index (κ1) is 24.5. The van der Waals surface area contributed by atoms with Crippen molar-refractivity contribution in [2.45, 2.75) is 77.2 Å². The molecule has 2 N–H and O–H groups in total. The Hall–Kier alpha value is -2.23. The van der Waals surface area contributed by atoms with Gasteiger partial charge in [-0.15, -0.1) is 0 Å². The van der Waals surface area contributed by atoms with Crippen LogP contribution in [0.1, 0.15) is 77.2 Å². The van der Waals surface area contributed by atoms with E-state index in [1.165, 1.54) is 12.1 Å². The molecule has 0 saturated heterocycles. The van der Waals surface area contributed by atoms with E-state index < -0.39 is 10.5 Å². The number of aliphatic hydroxyl groups is 2. The third-order valence-electron chi connectivity index (χ3n) is 10.8. The maximum absolute atomic E-state index is 12.5. The molecule has 0 aliphatic heterocycles. The fourth-order valence-electron chi connectivity index (χ4n) is 8.85. The quantitative estimate of drug-likeness (QED) is 0.365. The number of rotatable bonds is 3. The molecule has 0 aromatic heterocycles. The molecule has 4 fully saturated rings. The second-order valence-electron chi connectivity index (χ2n) is 12.2. The number of fused-ring (bicyclic) bond motifs is 5. The van der Waals surface area contributed by atoms with Crippen LogP contribution in [0.4, 0.5) is 5.69 Å². The fraction of sp³-hybridized carbons (Fsp3) is 0.690. The second kappa shape index (κ2) is 8.71. The van der Waals surface area contributed by atoms with E-state index in [0.29, 0.717) is 42.1 Å². The monoisotopic (exact) mass is 479 g/mol. The Morgan fingerprint density at radius 1 is 1.03 bits per heavy atom. The molecule has 2 unspecified atom stereocenters. The van der Waals surface area contributed by atoms with Gasteiger partial charge in [-0.25, -0.2) is 0 Å². The molecule has 1 aromatic rings. The third-order valence-corrected chi connectivity index (χ3v) is 10.8. The molecule has 35 heavy (non-hydrogen) atoms. The van der Waals surface area contributed by atoms with Crippen molar-refractivity contribution in [3.63, 3.8) is 0 Å². The number of hydrogen-bond acceptors (Lipinski definition) is 5. The zero-order valence-electron chi connectivity index (χ0n) is 20.8. The van der Waals surface area contributed by atoms with Crippen LogP contribution in [0.25, 0.3) is 0 Å². The van der Waals surface area contributed by atoms with Gasteiger partial charge in [0.15, 0.2) is 5.78 Å². The van der Waals surface area contributed by atoms with Gasteiger partial charge in [0.1, 0.15) is 12.2 Å². The number of Topliss-reactive ketones (excluding diaryl/α,β-unsaturated/α-hetero) is 1. The fourth-order valence-corrected chi connectivity index (χ4v) is 8.85. The van der Waals surface area contributed by atoms with Crippen LogP contribution in [0.5, 0.6) is 0 Å². The summed E-state index contributed by atoms with van der Waals surface area (Å²) in [7, 11) is 0. The van der Waals surface area contributed by atoms with Gasteiger partial charge in [-0.3, -0.25) is 14.9 Å². The summed E-state index contributed by atoms with van der Waals surface area (Å²) in [4.78, 5) is 22.9. The van der Waals surface area contributed by atoms with Crippen molar-refractivity contribution >= 4 is 11.5 Å². The third kappa shape index (κ3) is 4.01. The van der Waals surface area contributed by atoms with Gasteiger partial charge in [0.25, 0.3) is 5.69 Å². The predicted octanol–water partition coefficient (Wildman–Crippen LogP) is 4.90. The highest BCUT2D eigenvalue weighted by Crippen LogP contribution is 2.68. The predicted molar refractivity (Wildman–Crippen MR) is 132 cm³/mol. The van der Waals surface area contributed by atoms with Crippen LogP contribution in [0, 0.1) is 62.4 Å².